The maximum absolute atomic E-state index is 12.5. The van der Waals surface area contributed by atoms with Crippen molar-refractivity contribution in [3.05, 3.63) is 53.1 Å². The van der Waals surface area contributed by atoms with Crippen LogP contribution in [0, 0.1) is 4.77 Å². The molecule has 0 aliphatic heterocycles. The summed E-state index contributed by atoms with van der Waals surface area (Å²) >= 11 is 5.47. The number of anilines is 1. The number of aromatic amines is 1. The second-order valence-electron chi connectivity index (χ2n) is 7.02. The highest BCUT2D eigenvalue weighted by atomic mass is 32.1. The Kier molecular flexibility index (Phi) is 6.13. The summed E-state index contributed by atoms with van der Waals surface area (Å²) in [6, 6.07) is 12.9. The number of benzene rings is 2. The first-order valence-corrected chi connectivity index (χ1v) is 10.3. The number of carbonyl (C=O) groups is 1. The number of rotatable bonds is 8. The third kappa shape index (κ3) is 4.17. The molecule has 0 fully saturated rings. The van der Waals surface area contributed by atoms with Gasteiger partial charge in [-0.05, 0) is 30.8 Å². The van der Waals surface area contributed by atoms with Crippen LogP contribution in [0.4, 0.5) is 5.82 Å². The number of hydrogen-bond donors (Lipinski definition) is 2. The highest BCUT2D eigenvalue weighted by Crippen LogP contribution is 2.32. The number of fused-ring (bicyclic) bond motifs is 1. The Morgan fingerprint density at radius 1 is 1.16 bits per heavy atom. The van der Waals surface area contributed by atoms with Gasteiger partial charge in [0.15, 0.2) is 11.5 Å². The van der Waals surface area contributed by atoms with Crippen LogP contribution in [0.15, 0.2) is 46.9 Å². The summed E-state index contributed by atoms with van der Waals surface area (Å²) in [7, 11) is 3.12. The van der Waals surface area contributed by atoms with Gasteiger partial charge in [-0.25, -0.2) is 4.57 Å². The lowest BCUT2D eigenvalue weighted by atomic mass is 10.2. The van der Waals surface area contributed by atoms with Gasteiger partial charge in [-0.3, -0.25) is 9.78 Å². The molecule has 0 spiro atoms. The van der Waals surface area contributed by atoms with Gasteiger partial charge in [0.05, 0.1) is 26.2 Å². The summed E-state index contributed by atoms with van der Waals surface area (Å²) < 4.78 is 18.4. The van der Waals surface area contributed by atoms with Crippen LogP contribution in [0.2, 0.25) is 0 Å². The number of hydrogen-bond acceptors (Lipinski definition) is 8. The summed E-state index contributed by atoms with van der Waals surface area (Å²) in [5, 5.41) is 8.58. The zero-order chi connectivity index (χ0) is 22.7. The molecule has 164 valence electrons. The summed E-state index contributed by atoms with van der Waals surface area (Å²) in [5.41, 5.74) is 7.88. The van der Waals surface area contributed by atoms with E-state index in [1.165, 1.54) is 0 Å². The van der Waals surface area contributed by atoms with Crippen molar-refractivity contribution in [3.63, 3.8) is 0 Å². The first-order chi connectivity index (χ1) is 15.5. The number of nitrogens with zero attached hydrogens (tertiary/aromatic N) is 3. The van der Waals surface area contributed by atoms with Crippen LogP contribution in [0.5, 0.6) is 11.5 Å². The minimum absolute atomic E-state index is 0.0117. The van der Waals surface area contributed by atoms with Gasteiger partial charge in [-0.2, -0.15) is 0 Å². The summed E-state index contributed by atoms with van der Waals surface area (Å²) in [6.45, 7) is 0.441. The van der Waals surface area contributed by atoms with Crippen LogP contribution in [-0.2, 0) is 6.54 Å². The molecule has 0 amide bonds. The van der Waals surface area contributed by atoms with Crippen LogP contribution < -0.4 is 19.8 Å². The minimum atomic E-state index is -0.235. The maximum Gasteiger partial charge on any atom is 0.295 e. The summed E-state index contributed by atoms with van der Waals surface area (Å²) in [5.74, 6) is 1.67. The molecule has 0 saturated heterocycles. The van der Waals surface area contributed by atoms with Crippen molar-refractivity contribution in [1.82, 2.24) is 15.2 Å². The van der Waals surface area contributed by atoms with Gasteiger partial charge in [0, 0.05) is 24.1 Å². The molecule has 10 heteroatoms. The Hall–Kier alpha value is -3.79. The molecule has 0 saturated carbocycles. The molecule has 4 rings (SSSR count). The average Bonchev–Trinajstić information content (AvgIpc) is 3.31. The number of nitrogens with two attached hydrogens (primary N) is 1. The van der Waals surface area contributed by atoms with Crippen LogP contribution in [0.25, 0.3) is 22.4 Å². The van der Waals surface area contributed by atoms with E-state index in [9.17, 15) is 4.79 Å². The van der Waals surface area contributed by atoms with E-state index in [0.717, 1.165) is 16.5 Å². The number of aromatic nitrogens is 4. The molecule has 0 aliphatic carbocycles. The summed E-state index contributed by atoms with van der Waals surface area (Å²) in [6.07, 6.45) is 0.703. The lowest BCUT2D eigenvalue weighted by Crippen LogP contribution is -2.40. The van der Waals surface area contributed by atoms with Gasteiger partial charge < -0.3 is 19.6 Å². The van der Waals surface area contributed by atoms with E-state index in [1.54, 1.807) is 30.9 Å². The van der Waals surface area contributed by atoms with Crippen LogP contribution >= 0.6 is 12.2 Å². The Bertz CT molecular complexity index is 1330. The number of Topliss-reactive ketones (excluding diaryl/α,β-unsaturated/α-hetero) is 1. The van der Waals surface area contributed by atoms with E-state index in [0.29, 0.717) is 40.9 Å². The van der Waals surface area contributed by atoms with E-state index in [1.807, 2.05) is 30.3 Å². The molecule has 0 radical (unpaired) electrons. The molecule has 9 nitrogen and oxygen atoms in total. The second kappa shape index (κ2) is 9.15. The van der Waals surface area contributed by atoms with Crippen molar-refractivity contribution >= 4 is 34.7 Å². The topological polar surface area (TPSA) is 120 Å². The smallest absolute Gasteiger partial charge is 0.295 e. The van der Waals surface area contributed by atoms with Crippen molar-refractivity contribution in [1.29, 1.82) is 0 Å². The summed E-state index contributed by atoms with van der Waals surface area (Å²) in [4.78, 5) is 15.7. The number of nitrogen functional groups attached to an aromatic ring is 1. The molecule has 0 atom stereocenters. The second-order valence-corrected chi connectivity index (χ2v) is 7.41. The predicted octanol–water partition coefficient (Wildman–Crippen LogP) is 3.50. The van der Waals surface area contributed by atoms with Crippen molar-refractivity contribution < 1.29 is 23.3 Å². The number of nitrogens with one attached hydrogen (secondary N) is 1. The molecule has 0 aliphatic rings. The number of ether oxygens (including phenoxy) is 2. The molecule has 2 aromatic carbocycles. The zero-order valence-electron chi connectivity index (χ0n) is 17.6. The van der Waals surface area contributed by atoms with Gasteiger partial charge in [-0.1, -0.05) is 18.2 Å². The van der Waals surface area contributed by atoms with Crippen LogP contribution in [-0.4, -0.2) is 35.2 Å². The molecule has 3 N–H and O–H groups in total. The van der Waals surface area contributed by atoms with Crippen molar-refractivity contribution in [2.45, 2.75) is 19.4 Å². The van der Waals surface area contributed by atoms with Gasteiger partial charge in [0.1, 0.15) is 5.52 Å². The lowest BCUT2D eigenvalue weighted by Gasteiger charge is -2.11. The molecular weight excluding hydrogens is 430 g/mol. The van der Waals surface area contributed by atoms with Crippen molar-refractivity contribution in [3.8, 4) is 23.0 Å². The van der Waals surface area contributed by atoms with E-state index in [4.69, 9.17) is 31.8 Å². The SMILES string of the molecule is COc1cc2[nH]c(=S)[n+](CCCC(=O)c3nnc(-c4ccccc4)o3)c(N)c2cc1OC. The molecule has 32 heavy (non-hydrogen) atoms. The minimum Gasteiger partial charge on any atom is -0.493 e. The maximum atomic E-state index is 12.5. The zero-order valence-corrected chi connectivity index (χ0v) is 18.4. The largest absolute Gasteiger partial charge is 0.493 e. The average molecular weight is 453 g/mol. The Morgan fingerprint density at radius 3 is 2.59 bits per heavy atom. The molecule has 0 bridgehead atoms. The lowest BCUT2D eigenvalue weighted by molar-refractivity contribution is -0.691. The quantitative estimate of drug-likeness (QED) is 0.237. The fourth-order valence-corrected chi connectivity index (χ4v) is 3.69. The highest BCUT2D eigenvalue weighted by Gasteiger charge is 2.19. The molecule has 2 heterocycles. The fraction of sp³-hybridized carbons (Fsp3) is 0.227. The van der Waals surface area contributed by atoms with E-state index in [-0.39, 0.29) is 18.1 Å². The van der Waals surface area contributed by atoms with Gasteiger partial charge in [-0.15, -0.1) is 10.2 Å². The number of H-pyrrole nitrogens is 1. The molecule has 2 aromatic heterocycles. The monoisotopic (exact) mass is 452 g/mol. The number of carbonyl (C=O) groups excluding carboxylic acids is 1. The third-order valence-corrected chi connectivity index (χ3v) is 5.37. The molecule has 0 unspecified atom stereocenters. The molecular formula is C22H22N5O4S+. The van der Waals surface area contributed by atoms with Crippen LogP contribution in [0.1, 0.15) is 23.5 Å². The molecule has 4 aromatic rings. The highest BCUT2D eigenvalue weighted by molar-refractivity contribution is 7.71. The Morgan fingerprint density at radius 2 is 1.88 bits per heavy atom. The van der Waals surface area contributed by atoms with Gasteiger partial charge in [0.25, 0.3) is 10.7 Å². The predicted molar refractivity (Wildman–Crippen MR) is 120 cm³/mol. The first kappa shape index (κ1) is 21.4. The number of methoxy groups -OCH3 is 2. The van der Waals surface area contributed by atoms with Crippen molar-refractivity contribution in [2.24, 2.45) is 0 Å². The number of ketones is 1. The van der Waals surface area contributed by atoms with Gasteiger partial charge in [0.2, 0.25) is 17.5 Å². The van der Waals surface area contributed by atoms with Gasteiger partial charge >= 0.3 is 0 Å². The normalized spacial score (nSPS) is 10.9. The third-order valence-electron chi connectivity index (χ3n) is 5.05. The van der Waals surface area contributed by atoms with E-state index in [2.05, 4.69) is 15.2 Å². The van der Waals surface area contributed by atoms with E-state index < -0.39 is 0 Å². The first-order valence-electron chi connectivity index (χ1n) is 9.91. The standard InChI is InChI=1S/C22H21N5O4S/c1-29-17-11-14-15(12-18(17)30-2)24-22(32)27(19(14)23)10-6-9-16(28)21-26-25-20(31-21)13-7-4-3-5-8-13/h3-5,7-8,11-12H,6,9-10H2,1-2H3,(H2,23,24,32)/p+1. The van der Waals surface area contributed by atoms with Crippen LogP contribution in [0.3, 0.4) is 0 Å². The Balaban J connectivity index is 1.49. The fourth-order valence-electron chi connectivity index (χ4n) is 3.39. The van der Waals surface area contributed by atoms with E-state index >= 15 is 0 Å². The van der Waals surface area contributed by atoms with Crippen molar-refractivity contribution in [2.75, 3.05) is 20.0 Å². The Labute approximate surface area is 188 Å².